The molecule has 0 saturated heterocycles. The minimum Gasteiger partial charge on any atom is -0.497 e. The Kier molecular flexibility index (Phi) is 3.25. The van der Waals surface area contributed by atoms with Crippen LogP contribution in [-0.4, -0.2) is 12.1 Å². The van der Waals surface area contributed by atoms with Gasteiger partial charge in [-0.3, -0.25) is 0 Å². The Morgan fingerprint density at radius 1 is 1.54 bits per heavy atom. The van der Waals surface area contributed by atoms with Gasteiger partial charge in [0.1, 0.15) is 5.75 Å². The summed E-state index contributed by atoms with van der Waals surface area (Å²) in [6, 6.07) is 5.89. The number of ether oxygens (including phenoxy) is 1. The summed E-state index contributed by atoms with van der Waals surface area (Å²) in [6.07, 6.45) is 0.658. The van der Waals surface area contributed by atoms with E-state index in [9.17, 15) is 0 Å². The molecule has 70 valence electrons. The third kappa shape index (κ3) is 2.70. The van der Waals surface area contributed by atoms with E-state index in [1.54, 1.807) is 7.11 Å². The van der Waals surface area contributed by atoms with E-state index >= 15 is 0 Å². The van der Waals surface area contributed by atoms with Crippen molar-refractivity contribution in [3.63, 3.8) is 0 Å². The summed E-state index contributed by atoms with van der Waals surface area (Å²) < 4.78 is 5.09. The van der Waals surface area contributed by atoms with Crippen molar-refractivity contribution in [2.75, 3.05) is 7.11 Å². The number of nitrogens with two attached hydrogens (primary N) is 1. The zero-order chi connectivity index (χ0) is 9.84. The van der Waals surface area contributed by atoms with Gasteiger partial charge >= 0.3 is 0 Å². The summed E-state index contributed by atoms with van der Waals surface area (Å²) in [5.74, 6) is 0.865. The molecule has 1 rings (SSSR count). The van der Waals surface area contributed by atoms with Crippen LogP contribution in [-0.2, 0) is 6.42 Å². The molecule has 13 heavy (non-hydrogen) atoms. The molecule has 1 aromatic carbocycles. The van der Waals surface area contributed by atoms with Gasteiger partial charge in [0.2, 0.25) is 0 Å². The van der Waals surface area contributed by atoms with Gasteiger partial charge < -0.3 is 10.5 Å². The molecule has 0 unspecified atom stereocenters. The second-order valence-electron chi connectivity index (χ2n) is 2.94. The first-order chi connectivity index (χ1) is 6.13. The highest BCUT2D eigenvalue weighted by atomic mass is 32.1. The third-order valence-electron chi connectivity index (χ3n) is 1.91. The lowest BCUT2D eigenvalue weighted by atomic mass is 10.1. The number of methoxy groups -OCH3 is 1. The normalized spacial score (nSPS) is 9.69. The highest BCUT2D eigenvalue weighted by Gasteiger charge is 2.01. The van der Waals surface area contributed by atoms with Gasteiger partial charge in [0.15, 0.2) is 0 Å². The number of hydrogen-bond donors (Lipinski definition) is 1. The fourth-order valence-electron chi connectivity index (χ4n) is 1.18. The van der Waals surface area contributed by atoms with Crippen molar-refractivity contribution < 1.29 is 4.74 Å². The maximum Gasteiger partial charge on any atom is 0.119 e. The van der Waals surface area contributed by atoms with E-state index < -0.39 is 0 Å². The number of benzene rings is 1. The van der Waals surface area contributed by atoms with Crippen molar-refractivity contribution in [3.8, 4) is 5.75 Å². The molecule has 0 aliphatic heterocycles. The minimum absolute atomic E-state index is 0.522. The molecule has 1 aromatic rings. The molecule has 0 spiro atoms. The molecule has 2 N–H and O–H groups in total. The fraction of sp³-hybridized carbons (Fsp3) is 0.300. The number of thiocarbonyl (C=S) groups is 1. The SMILES string of the molecule is COc1ccc(CC(N)=S)c(C)c1. The monoisotopic (exact) mass is 195 g/mol. The maximum absolute atomic E-state index is 5.46. The second-order valence-corrected chi connectivity index (χ2v) is 3.46. The number of aryl methyl sites for hydroxylation is 1. The van der Waals surface area contributed by atoms with E-state index in [4.69, 9.17) is 22.7 Å². The van der Waals surface area contributed by atoms with Crippen LogP contribution >= 0.6 is 12.2 Å². The van der Waals surface area contributed by atoms with Crippen molar-refractivity contribution in [2.45, 2.75) is 13.3 Å². The lowest BCUT2D eigenvalue weighted by Crippen LogP contribution is -2.11. The van der Waals surface area contributed by atoms with Crippen LogP contribution in [0.15, 0.2) is 18.2 Å². The quantitative estimate of drug-likeness (QED) is 0.747. The average Bonchev–Trinajstić information content (AvgIpc) is 2.08. The van der Waals surface area contributed by atoms with E-state index in [-0.39, 0.29) is 0 Å². The molecule has 0 aliphatic rings. The maximum atomic E-state index is 5.46. The van der Waals surface area contributed by atoms with Gasteiger partial charge in [-0.2, -0.15) is 0 Å². The Balaban J connectivity index is 2.91. The van der Waals surface area contributed by atoms with Crippen LogP contribution in [0.2, 0.25) is 0 Å². The Morgan fingerprint density at radius 2 is 2.23 bits per heavy atom. The van der Waals surface area contributed by atoms with Crippen molar-refractivity contribution in [1.29, 1.82) is 0 Å². The molecule has 0 amide bonds. The predicted molar refractivity (Wildman–Crippen MR) is 58.2 cm³/mol. The lowest BCUT2D eigenvalue weighted by Gasteiger charge is -2.06. The Bertz CT molecular complexity index is 323. The topological polar surface area (TPSA) is 35.2 Å². The van der Waals surface area contributed by atoms with E-state index in [0.29, 0.717) is 11.4 Å². The molecule has 0 bridgehead atoms. The zero-order valence-corrected chi connectivity index (χ0v) is 8.65. The van der Waals surface area contributed by atoms with Gasteiger partial charge in [-0.05, 0) is 30.2 Å². The van der Waals surface area contributed by atoms with Crippen molar-refractivity contribution >= 4 is 17.2 Å². The lowest BCUT2D eigenvalue weighted by molar-refractivity contribution is 0.414. The van der Waals surface area contributed by atoms with Gasteiger partial charge in [0.25, 0.3) is 0 Å². The molecular weight excluding hydrogens is 182 g/mol. The van der Waals surface area contributed by atoms with Gasteiger partial charge in [-0.1, -0.05) is 18.3 Å². The summed E-state index contributed by atoms with van der Waals surface area (Å²) in [5, 5.41) is 0. The molecule has 0 aromatic heterocycles. The minimum atomic E-state index is 0.522. The molecule has 0 fully saturated rings. The second kappa shape index (κ2) is 4.23. The van der Waals surface area contributed by atoms with Gasteiger partial charge in [-0.25, -0.2) is 0 Å². The molecule has 0 heterocycles. The van der Waals surface area contributed by atoms with Crippen LogP contribution in [0.4, 0.5) is 0 Å². The van der Waals surface area contributed by atoms with Crippen LogP contribution in [0.5, 0.6) is 5.75 Å². The first kappa shape index (κ1) is 9.99. The third-order valence-corrected chi connectivity index (χ3v) is 2.06. The van der Waals surface area contributed by atoms with Crippen LogP contribution in [0, 0.1) is 6.92 Å². The highest BCUT2D eigenvalue weighted by molar-refractivity contribution is 7.80. The summed E-state index contributed by atoms with van der Waals surface area (Å²) in [4.78, 5) is 0.522. The number of rotatable bonds is 3. The van der Waals surface area contributed by atoms with Crippen LogP contribution in [0.3, 0.4) is 0 Å². The largest absolute Gasteiger partial charge is 0.497 e. The van der Waals surface area contributed by atoms with Crippen molar-refractivity contribution in [1.82, 2.24) is 0 Å². The van der Waals surface area contributed by atoms with E-state index in [1.165, 1.54) is 0 Å². The molecule has 0 aliphatic carbocycles. The molecule has 2 nitrogen and oxygen atoms in total. The van der Waals surface area contributed by atoms with Gasteiger partial charge in [0, 0.05) is 6.42 Å². The average molecular weight is 195 g/mol. The summed E-state index contributed by atoms with van der Waals surface area (Å²) >= 11 is 4.84. The predicted octanol–water partition coefficient (Wildman–Crippen LogP) is 1.83. The Labute approximate surface area is 83.7 Å². The van der Waals surface area contributed by atoms with E-state index in [2.05, 4.69) is 0 Å². The summed E-state index contributed by atoms with van der Waals surface area (Å²) in [7, 11) is 1.65. The molecule has 0 radical (unpaired) electrons. The Morgan fingerprint density at radius 3 is 2.69 bits per heavy atom. The van der Waals surface area contributed by atoms with Gasteiger partial charge in [0.05, 0.1) is 12.1 Å². The first-order valence-corrected chi connectivity index (χ1v) is 4.46. The van der Waals surface area contributed by atoms with E-state index in [0.717, 1.165) is 16.9 Å². The van der Waals surface area contributed by atoms with E-state index in [1.807, 2.05) is 25.1 Å². The number of hydrogen-bond acceptors (Lipinski definition) is 2. The first-order valence-electron chi connectivity index (χ1n) is 4.05. The van der Waals surface area contributed by atoms with Gasteiger partial charge in [-0.15, -0.1) is 0 Å². The fourth-order valence-corrected chi connectivity index (χ4v) is 1.34. The van der Waals surface area contributed by atoms with Crippen molar-refractivity contribution in [3.05, 3.63) is 29.3 Å². The van der Waals surface area contributed by atoms with Crippen LogP contribution in [0.1, 0.15) is 11.1 Å². The molecule has 3 heteroatoms. The standard InChI is InChI=1S/C10H13NOS/c1-7-5-9(12-2)4-3-8(7)6-10(11)13/h3-5H,6H2,1-2H3,(H2,11,13). The summed E-state index contributed by atoms with van der Waals surface area (Å²) in [6.45, 7) is 2.02. The van der Waals surface area contributed by atoms with Crippen LogP contribution < -0.4 is 10.5 Å². The molecular formula is C10H13NOS. The summed E-state index contributed by atoms with van der Waals surface area (Å²) in [5.41, 5.74) is 7.78. The zero-order valence-electron chi connectivity index (χ0n) is 7.83. The smallest absolute Gasteiger partial charge is 0.119 e. The molecule has 0 atom stereocenters. The van der Waals surface area contributed by atoms with Crippen LogP contribution in [0.25, 0.3) is 0 Å². The molecule has 0 saturated carbocycles. The van der Waals surface area contributed by atoms with Crippen molar-refractivity contribution in [2.24, 2.45) is 5.73 Å². The Hall–Kier alpha value is -1.09. The highest BCUT2D eigenvalue weighted by Crippen LogP contribution is 2.17.